The van der Waals surface area contributed by atoms with Crippen molar-refractivity contribution in [1.29, 1.82) is 0 Å². The number of nitrogens with zero attached hydrogens (tertiary/aromatic N) is 2. The van der Waals surface area contributed by atoms with Crippen molar-refractivity contribution in [2.75, 3.05) is 5.73 Å². The molecule has 0 fully saturated rings. The maximum atomic E-state index is 13.0. The molecule has 0 unspecified atom stereocenters. The van der Waals surface area contributed by atoms with E-state index < -0.39 is 0 Å². The Balaban J connectivity index is 2.20. The Labute approximate surface area is 91.9 Å². The Morgan fingerprint density at radius 1 is 1.19 bits per heavy atom. The van der Waals surface area contributed by atoms with E-state index in [1.165, 1.54) is 12.1 Å². The molecule has 0 bridgehead atoms. The van der Waals surface area contributed by atoms with E-state index in [1.807, 2.05) is 0 Å². The fraction of sp³-hybridized carbons (Fsp3) is 0.0909. The molecule has 0 spiro atoms. The Morgan fingerprint density at radius 2 is 2.00 bits per heavy atom. The highest BCUT2D eigenvalue weighted by Gasteiger charge is 2.02. The lowest BCUT2D eigenvalue weighted by Gasteiger charge is -2.05. The molecule has 0 amide bonds. The minimum Gasteiger partial charge on any atom is -0.438 e. The average Bonchev–Trinajstić information content (AvgIpc) is 2.27. The van der Waals surface area contributed by atoms with Gasteiger partial charge in [0.25, 0.3) is 0 Å². The number of rotatable bonds is 2. The summed E-state index contributed by atoms with van der Waals surface area (Å²) in [4.78, 5) is 0. The predicted molar refractivity (Wildman–Crippen MR) is 57.7 cm³/mol. The van der Waals surface area contributed by atoms with Crippen LogP contribution < -0.4 is 10.5 Å². The zero-order valence-electron chi connectivity index (χ0n) is 8.64. The molecular weight excluding hydrogens is 209 g/mol. The lowest BCUT2D eigenvalue weighted by atomic mass is 10.2. The number of hydrogen-bond donors (Lipinski definition) is 1. The lowest BCUT2D eigenvalue weighted by Crippen LogP contribution is -1.95. The summed E-state index contributed by atoms with van der Waals surface area (Å²) in [5, 5.41) is 7.38. The minimum atomic E-state index is -0.268. The van der Waals surface area contributed by atoms with Gasteiger partial charge in [-0.25, -0.2) is 4.39 Å². The van der Waals surface area contributed by atoms with Crippen LogP contribution in [0.1, 0.15) is 5.56 Å². The number of ether oxygens (including phenoxy) is 1. The topological polar surface area (TPSA) is 61.0 Å². The predicted octanol–water partition coefficient (Wildman–Crippen LogP) is 2.30. The molecule has 1 aromatic heterocycles. The largest absolute Gasteiger partial charge is 0.438 e. The van der Waals surface area contributed by atoms with Gasteiger partial charge in [0.1, 0.15) is 17.4 Å². The summed E-state index contributed by atoms with van der Waals surface area (Å²) in [5.41, 5.74) is 5.90. The summed E-state index contributed by atoms with van der Waals surface area (Å²) >= 11 is 0. The number of anilines is 1. The highest BCUT2D eigenvalue weighted by molar-refractivity contribution is 5.33. The van der Waals surface area contributed by atoms with E-state index >= 15 is 0 Å². The number of aryl methyl sites for hydroxylation is 1. The maximum absolute atomic E-state index is 13.0. The van der Waals surface area contributed by atoms with Crippen LogP contribution in [-0.4, -0.2) is 10.2 Å². The lowest BCUT2D eigenvalue weighted by molar-refractivity contribution is 0.453. The first-order chi connectivity index (χ1) is 7.65. The van der Waals surface area contributed by atoms with Gasteiger partial charge in [0, 0.05) is 6.07 Å². The zero-order chi connectivity index (χ0) is 11.5. The summed E-state index contributed by atoms with van der Waals surface area (Å²) in [6.07, 6.45) is 0. The Kier molecular flexibility index (Phi) is 2.68. The Hall–Kier alpha value is -2.17. The number of benzene rings is 1. The summed E-state index contributed by atoms with van der Waals surface area (Å²) < 4.78 is 18.4. The highest BCUT2D eigenvalue weighted by atomic mass is 19.1. The molecule has 1 aromatic carbocycles. The third-order valence-electron chi connectivity index (χ3n) is 2.01. The molecule has 5 heteroatoms. The number of hydrogen-bond acceptors (Lipinski definition) is 4. The highest BCUT2D eigenvalue weighted by Crippen LogP contribution is 2.21. The molecule has 4 nitrogen and oxygen atoms in total. The van der Waals surface area contributed by atoms with Gasteiger partial charge in [-0.1, -0.05) is 0 Å². The standard InChI is InChI=1S/C11H10FN3O/c1-7-6-8(2-3-9(7)12)16-11-5-4-10(13)14-15-11/h2-6H,1H3,(H2,13,14). The molecular formula is C11H10FN3O. The number of halogens is 1. The van der Waals surface area contributed by atoms with Crippen LogP contribution in [0, 0.1) is 12.7 Å². The molecule has 0 radical (unpaired) electrons. The van der Waals surface area contributed by atoms with E-state index in [1.54, 1.807) is 25.1 Å². The summed E-state index contributed by atoms with van der Waals surface area (Å²) in [6, 6.07) is 7.64. The fourth-order valence-corrected chi connectivity index (χ4v) is 1.19. The normalized spacial score (nSPS) is 10.1. The van der Waals surface area contributed by atoms with Gasteiger partial charge >= 0.3 is 0 Å². The van der Waals surface area contributed by atoms with Gasteiger partial charge in [-0.2, -0.15) is 0 Å². The SMILES string of the molecule is Cc1cc(Oc2ccc(N)nn2)ccc1F. The zero-order valence-corrected chi connectivity index (χ0v) is 8.64. The number of nitrogens with two attached hydrogens (primary N) is 1. The van der Waals surface area contributed by atoms with Gasteiger partial charge in [-0.3, -0.25) is 0 Å². The first kappa shape index (κ1) is 10.4. The molecule has 0 aliphatic heterocycles. The van der Waals surface area contributed by atoms with Crippen molar-refractivity contribution >= 4 is 5.82 Å². The van der Waals surface area contributed by atoms with Crippen molar-refractivity contribution in [3.8, 4) is 11.6 Å². The van der Waals surface area contributed by atoms with Crippen molar-refractivity contribution < 1.29 is 9.13 Å². The molecule has 82 valence electrons. The van der Waals surface area contributed by atoms with Crippen LogP contribution in [0.25, 0.3) is 0 Å². The molecule has 16 heavy (non-hydrogen) atoms. The second kappa shape index (κ2) is 4.14. The second-order valence-corrected chi connectivity index (χ2v) is 3.31. The Bertz CT molecular complexity index is 499. The van der Waals surface area contributed by atoms with Crippen LogP contribution in [-0.2, 0) is 0 Å². The minimum absolute atomic E-state index is 0.268. The first-order valence-electron chi connectivity index (χ1n) is 4.68. The van der Waals surface area contributed by atoms with Crippen molar-refractivity contribution in [2.45, 2.75) is 6.92 Å². The summed E-state index contributed by atoms with van der Waals surface area (Å²) in [5.74, 6) is 0.886. The molecule has 1 heterocycles. The Morgan fingerprint density at radius 3 is 2.62 bits per heavy atom. The van der Waals surface area contributed by atoms with E-state index in [9.17, 15) is 4.39 Å². The van der Waals surface area contributed by atoms with E-state index in [4.69, 9.17) is 10.5 Å². The molecule has 0 aliphatic rings. The van der Waals surface area contributed by atoms with Gasteiger partial charge in [-0.15, -0.1) is 10.2 Å². The van der Waals surface area contributed by atoms with Crippen LogP contribution in [0.4, 0.5) is 10.2 Å². The van der Waals surface area contributed by atoms with Crippen molar-refractivity contribution in [3.63, 3.8) is 0 Å². The van der Waals surface area contributed by atoms with E-state index in [2.05, 4.69) is 10.2 Å². The van der Waals surface area contributed by atoms with Crippen molar-refractivity contribution in [2.24, 2.45) is 0 Å². The summed E-state index contributed by atoms with van der Waals surface area (Å²) in [6.45, 7) is 1.66. The van der Waals surface area contributed by atoms with Crippen LogP contribution in [0.5, 0.6) is 11.6 Å². The molecule has 0 atom stereocenters. The van der Waals surface area contributed by atoms with E-state index in [-0.39, 0.29) is 5.82 Å². The van der Waals surface area contributed by atoms with Crippen LogP contribution in [0.2, 0.25) is 0 Å². The van der Waals surface area contributed by atoms with Gasteiger partial charge in [0.05, 0.1) is 0 Å². The van der Waals surface area contributed by atoms with Gasteiger partial charge in [0.15, 0.2) is 0 Å². The molecule has 2 rings (SSSR count). The fourth-order valence-electron chi connectivity index (χ4n) is 1.19. The van der Waals surface area contributed by atoms with E-state index in [0.717, 1.165) is 0 Å². The quantitative estimate of drug-likeness (QED) is 0.841. The van der Waals surface area contributed by atoms with Gasteiger partial charge in [-0.05, 0) is 36.8 Å². The average molecular weight is 219 g/mol. The maximum Gasteiger partial charge on any atom is 0.238 e. The number of nitrogen functional groups attached to an aromatic ring is 1. The van der Waals surface area contributed by atoms with Gasteiger partial charge in [0.2, 0.25) is 5.88 Å². The van der Waals surface area contributed by atoms with Crippen molar-refractivity contribution in [1.82, 2.24) is 10.2 Å². The third-order valence-corrected chi connectivity index (χ3v) is 2.01. The van der Waals surface area contributed by atoms with Crippen LogP contribution in [0.3, 0.4) is 0 Å². The molecule has 0 saturated heterocycles. The number of aromatic nitrogens is 2. The smallest absolute Gasteiger partial charge is 0.238 e. The molecule has 0 saturated carbocycles. The molecule has 0 aliphatic carbocycles. The van der Waals surface area contributed by atoms with E-state index in [0.29, 0.717) is 23.0 Å². The first-order valence-corrected chi connectivity index (χ1v) is 4.68. The molecule has 2 N–H and O–H groups in total. The van der Waals surface area contributed by atoms with Crippen molar-refractivity contribution in [3.05, 3.63) is 41.7 Å². The van der Waals surface area contributed by atoms with Crippen LogP contribution >= 0.6 is 0 Å². The van der Waals surface area contributed by atoms with Gasteiger partial charge < -0.3 is 10.5 Å². The second-order valence-electron chi connectivity index (χ2n) is 3.31. The van der Waals surface area contributed by atoms with Crippen LogP contribution in [0.15, 0.2) is 30.3 Å². The summed E-state index contributed by atoms with van der Waals surface area (Å²) in [7, 11) is 0. The monoisotopic (exact) mass is 219 g/mol. The molecule has 2 aromatic rings. The third kappa shape index (κ3) is 2.25.